The number of nitrogens with zero attached hydrogens (tertiary/aromatic N) is 8. The minimum Gasteiger partial charge on any atom is -0.294 e. The van der Waals surface area contributed by atoms with Crippen LogP contribution in [0.1, 0.15) is 0 Å². The van der Waals surface area contributed by atoms with Crippen LogP contribution in [0.25, 0.3) is 122 Å². The highest BCUT2D eigenvalue weighted by atomic mass is 15.3. The maximum atomic E-state index is 5.60. The molecule has 6 heterocycles. The van der Waals surface area contributed by atoms with Crippen LogP contribution in [0.2, 0.25) is 0 Å². The second kappa shape index (κ2) is 13.3. The van der Waals surface area contributed by atoms with Gasteiger partial charge in [0.1, 0.15) is 11.6 Å². The van der Waals surface area contributed by atoms with Crippen LogP contribution >= 0.6 is 0 Å². The average molecular weight is 819 g/mol. The van der Waals surface area contributed by atoms with Crippen LogP contribution in [0.4, 0.5) is 0 Å². The van der Waals surface area contributed by atoms with Gasteiger partial charge in [0.05, 0.1) is 44.1 Å². The van der Waals surface area contributed by atoms with Crippen molar-refractivity contribution in [1.29, 1.82) is 0 Å². The molecule has 0 fully saturated rings. The second-order valence-electron chi connectivity index (χ2n) is 16.3. The third kappa shape index (κ3) is 4.93. The standard InChI is InChI=1S/C56H34N8/c1-9-25-44-36(17-1)37-18-2-10-26-45(37)61(44)52-33-35(34-53(57-52)62-46-27-11-3-19-38(46)39-20-4-12-28-47(39)62)54-58-55(63-48-29-13-5-21-40(48)41-22-6-14-30-49(41)63)60-56(59-54)64-50-31-15-7-23-42(50)43-24-8-16-32-51(43)64/h1-34H. The lowest BCUT2D eigenvalue weighted by Gasteiger charge is -2.16. The molecule has 6 aromatic heterocycles. The number of hydrogen-bond donors (Lipinski definition) is 0. The molecule has 8 nitrogen and oxygen atoms in total. The predicted molar refractivity (Wildman–Crippen MR) is 260 cm³/mol. The number of pyridine rings is 1. The largest absolute Gasteiger partial charge is 0.294 e. The van der Waals surface area contributed by atoms with Crippen molar-refractivity contribution in [1.82, 2.24) is 38.2 Å². The van der Waals surface area contributed by atoms with E-state index in [1.807, 2.05) is 0 Å². The van der Waals surface area contributed by atoms with Crippen LogP contribution in [-0.2, 0) is 0 Å². The van der Waals surface area contributed by atoms with Gasteiger partial charge in [0.15, 0.2) is 5.82 Å². The summed E-state index contributed by atoms with van der Waals surface area (Å²) in [5, 5.41) is 9.15. The Morgan fingerprint density at radius 1 is 0.234 bits per heavy atom. The number of hydrogen-bond acceptors (Lipinski definition) is 4. The fourth-order valence-electron chi connectivity index (χ4n) is 10.2. The Morgan fingerprint density at radius 2 is 0.469 bits per heavy atom. The quantitative estimate of drug-likeness (QED) is 0.173. The molecule has 0 spiro atoms. The van der Waals surface area contributed by atoms with Gasteiger partial charge in [0.25, 0.3) is 0 Å². The highest BCUT2D eigenvalue weighted by molar-refractivity contribution is 6.12. The van der Waals surface area contributed by atoms with Crippen LogP contribution in [0.3, 0.4) is 0 Å². The first-order chi connectivity index (χ1) is 31.8. The van der Waals surface area contributed by atoms with Crippen molar-refractivity contribution >= 4 is 87.2 Å². The van der Waals surface area contributed by atoms with Crippen LogP contribution in [0.15, 0.2) is 206 Å². The van der Waals surface area contributed by atoms with Crippen molar-refractivity contribution in [2.24, 2.45) is 0 Å². The molecule has 0 radical (unpaired) electrons. The van der Waals surface area contributed by atoms with Gasteiger partial charge in [-0.3, -0.25) is 18.3 Å². The van der Waals surface area contributed by atoms with Crippen molar-refractivity contribution in [3.05, 3.63) is 206 Å². The highest BCUT2D eigenvalue weighted by Crippen LogP contribution is 2.38. The molecule has 14 rings (SSSR count). The summed E-state index contributed by atoms with van der Waals surface area (Å²) in [7, 11) is 0. The van der Waals surface area contributed by atoms with Gasteiger partial charge >= 0.3 is 0 Å². The molecule has 0 bridgehead atoms. The molecule has 0 saturated carbocycles. The minimum absolute atomic E-state index is 0.521. The van der Waals surface area contributed by atoms with Crippen LogP contribution in [-0.4, -0.2) is 38.2 Å². The van der Waals surface area contributed by atoms with Gasteiger partial charge in [0, 0.05) is 48.7 Å². The smallest absolute Gasteiger partial charge is 0.240 e. The number of para-hydroxylation sites is 8. The monoisotopic (exact) mass is 818 g/mol. The fraction of sp³-hybridized carbons (Fsp3) is 0. The molecule has 298 valence electrons. The molecule has 0 aliphatic carbocycles. The van der Waals surface area contributed by atoms with E-state index in [0.29, 0.717) is 17.7 Å². The minimum atomic E-state index is 0.521. The Bertz CT molecular complexity index is 3470. The van der Waals surface area contributed by atoms with Gasteiger partial charge < -0.3 is 0 Å². The van der Waals surface area contributed by atoms with E-state index in [9.17, 15) is 0 Å². The number of benzene rings is 8. The Labute approximate surface area is 365 Å². The van der Waals surface area contributed by atoms with Crippen LogP contribution in [0.5, 0.6) is 0 Å². The fourth-order valence-corrected chi connectivity index (χ4v) is 10.2. The third-order valence-electron chi connectivity index (χ3n) is 12.8. The van der Waals surface area contributed by atoms with E-state index in [-0.39, 0.29) is 0 Å². The second-order valence-corrected chi connectivity index (χ2v) is 16.3. The summed E-state index contributed by atoms with van der Waals surface area (Å²) < 4.78 is 8.90. The van der Waals surface area contributed by atoms with E-state index < -0.39 is 0 Å². The molecule has 0 aliphatic rings. The molecular weight excluding hydrogens is 785 g/mol. The summed E-state index contributed by atoms with van der Waals surface area (Å²) in [6.45, 7) is 0. The first-order valence-corrected chi connectivity index (χ1v) is 21.5. The van der Waals surface area contributed by atoms with Crippen LogP contribution < -0.4 is 0 Å². The number of rotatable bonds is 5. The van der Waals surface area contributed by atoms with E-state index >= 15 is 0 Å². The van der Waals surface area contributed by atoms with Crippen molar-refractivity contribution in [3.8, 4) is 34.9 Å². The maximum Gasteiger partial charge on any atom is 0.240 e. The SMILES string of the molecule is c1ccc2c(c1)c1ccccc1n2-c1cc(-c2nc(-n3c4ccccc4c4ccccc43)nc(-n3c4ccccc4c4ccccc43)n2)cc(-n2c3ccccc3c3ccccc32)n1. The normalized spacial score (nSPS) is 12.1. The molecule has 8 aromatic carbocycles. The first-order valence-electron chi connectivity index (χ1n) is 21.5. The number of aromatic nitrogens is 8. The molecular formula is C56H34N8. The van der Waals surface area contributed by atoms with E-state index in [1.165, 1.54) is 0 Å². The molecule has 0 saturated heterocycles. The molecule has 0 N–H and O–H groups in total. The molecule has 64 heavy (non-hydrogen) atoms. The Kier molecular flexibility index (Phi) is 7.23. The summed E-state index contributed by atoms with van der Waals surface area (Å²) in [6.07, 6.45) is 0. The van der Waals surface area contributed by atoms with Gasteiger partial charge in [-0.1, -0.05) is 146 Å². The summed E-state index contributed by atoms with van der Waals surface area (Å²) in [5.74, 6) is 3.07. The van der Waals surface area contributed by atoms with Gasteiger partial charge in [-0.15, -0.1) is 0 Å². The molecule has 8 heteroatoms. The molecule has 0 unspecified atom stereocenters. The number of fused-ring (bicyclic) bond motifs is 12. The molecule has 14 aromatic rings. The van der Waals surface area contributed by atoms with Crippen molar-refractivity contribution in [2.75, 3.05) is 0 Å². The van der Waals surface area contributed by atoms with E-state index in [0.717, 1.165) is 104 Å². The Morgan fingerprint density at radius 3 is 0.734 bits per heavy atom. The zero-order chi connectivity index (χ0) is 41.9. The Hall–Kier alpha value is -8.88. The average Bonchev–Trinajstić information content (AvgIpc) is 4.09. The van der Waals surface area contributed by atoms with E-state index in [1.54, 1.807) is 0 Å². The zero-order valence-electron chi connectivity index (χ0n) is 34.2. The Balaban J connectivity index is 1.13. The topological polar surface area (TPSA) is 71.3 Å². The van der Waals surface area contributed by atoms with Crippen molar-refractivity contribution < 1.29 is 0 Å². The van der Waals surface area contributed by atoms with Gasteiger partial charge in [-0.05, 0) is 60.7 Å². The predicted octanol–water partition coefficient (Wildman–Crippen LogP) is 13.3. The molecule has 0 atom stereocenters. The zero-order valence-corrected chi connectivity index (χ0v) is 34.2. The lowest BCUT2D eigenvalue weighted by atomic mass is 10.2. The van der Waals surface area contributed by atoms with Gasteiger partial charge in [-0.25, -0.2) is 4.98 Å². The first kappa shape index (κ1) is 34.8. The lowest BCUT2D eigenvalue weighted by molar-refractivity contribution is 0.891. The summed E-state index contributed by atoms with van der Waals surface area (Å²) >= 11 is 0. The summed E-state index contributed by atoms with van der Waals surface area (Å²) in [4.78, 5) is 22.0. The molecule has 0 amide bonds. The molecule has 0 aliphatic heterocycles. The summed E-state index contributed by atoms with van der Waals surface area (Å²) in [6, 6.07) is 72.4. The van der Waals surface area contributed by atoms with E-state index in [2.05, 4.69) is 225 Å². The van der Waals surface area contributed by atoms with Gasteiger partial charge in [0.2, 0.25) is 11.9 Å². The van der Waals surface area contributed by atoms with Crippen molar-refractivity contribution in [3.63, 3.8) is 0 Å². The highest BCUT2D eigenvalue weighted by Gasteiger charge is 2.23. The van der Waals surface area contributed by atoms with E-state index in [4.69, 9.17) is 19.9 Å². The van der Waals surface area contributed by atoms with Crippen LogP contribution in [0, 0.1) is 0 Å². The van der Waals surface area contributed by atoms with Gasteiger partial charge in [-0.2, -0.15) is 15.0 Å². The lowest BCUT2D eigenvalue weighted by Crippen LogP contribution is -2.11. The summed E-state index contributed by atoms with van der Waals surface area (Å²) in [5.41, 5.74) is 9.12. The maximum absolute atomic E-state index is 5.60. The third-order valence-corrected chi connectivity index (χ3v) is 12.8. The van der Waals surface area contributed by atoms with Crippen molar-refractivity contribution in [2.45, 2.75) is 0 Å².